The first kappa shape index (κ1) is 10.6. The fourth-order valence-corrected chi connectivity index (χ4v) is 1.83. The van der Waals surface area contributed by atoms with Gasteiger partial charge in [0, 0.05) is 17.3 Å². The number of ether oxygens (including phenoxy) is 1. The third-order valence-electron chi connectivity index (χ3n) is 2.65. The zero-order valence-corrected chi connectivity index (χ0v) is 8.96. The zero-order chi connectivity index (χ0) is 11.9. The van der Waals surface area contributed by atoms with Crippen LogP contribution in [0.3, 0.4) is 0 Å². The van der Waals surface area contributed by atoms with E-state index in [0.29, 0.717) is 11.3 Å². The molecule has 0 fully saturated rings. The molecule has 0 unspecified atom stereocenters. The number of aryl methyl sites for hydroxylation is 1. The highest BCUT2D eigenvalue weighted by Gasteiger charge is 2.31. The van der Waals surface area contributed by atoms with E-state index in [1.807, 2.05) is 0 Å². The first-order chi connectivity index (χ1) is 7.60. The number of allylic oxidation sites excluding steroid dienone is 2. The number of aliphatic hydroxyl groups is 1. The summed E-state index contributed by atoms with van der Waals surface area (Å²) in [6, 6.07) is 0. The predicted octanol–water partition coefficient (Wildman–Crippen LogP) is 0.725. The van der Waals surface area contributed by atoms with Crippen molar-refractivity contribution in [1.82, 2.24) is 4.98 Å². The van der Waals surface area contributed by atoms with Crippen molar-refractivity contribution in [2.45, 2.75) is 13.5 Å². The molecule has 1 aromatic rings. The minimum atomic E-state index is -0.370. The zero-order valence-electron chi connectivity index (χ0n) is 8.96. The molecule has 5 heteroatoms. The molecule has 2 rings (SSSR count). The Kier molecular flexibility index (Phi) is 2.40. The van der Waals surface area contributed by atoms with Crippen LogP contribution >= 0.6 is 0 Å². The summed E-state index contributed by atoms with van der Waals surface area (Å²) in [6.45, 7) is 1.42. The second-order valence-corrected chi connectivity index (χ2v) is 3.54. The van der Waals surface area contributed by atoms with E-state index in [1.54, 1.807) is 6.92 Å². The van der Waals surface area contributed by atoms with Gasteiger partial charge < -0.3 is 14.8 Å². The van der Waals surface area contributed by atoms with Crippen molar-refractivity contribution in [3.8, 4) is 0 Å². The lowest BCUT2D eigenvalue weighted by atomic mass is 9.96. The molecule has 84 valence electrons. The molecule has 0 bridgehead atoms. The Morgan fingerprint density at radius 1 is 1.44 bits per heavy atom. The lowest BCUT2D eigenvalue weighted by Gasteiger charge is -2.11. The number of nitrogens with one attached hydrogen (secondary N) is 1. The molecule has 2 N–H and O–H groups in total. The summed E-state index contributed by atoms with van der Waals surface area (Å²) in [6.07, 6.45) is 1.15. The first-order valence-corrected chi connectivity index (χ1v) is 4.77. The van der Waals surface area contributed by atoms with Gasteiger partial charge >= 0.3 is 0 Å². The standard InChI is InChI=1S/C11H11NO4/c1-5-6(4-13)9-10(12-5)7(14)3-8(16-2)11(9)15/h3,12-13H,4H2,1-2H3. The van der Waals surface area contributed by atoms with Crippen LogP contribution in [0.25, 0.3) is 0 Å². The summed E-state index contributed by atoms with van der Waals surface area (Å²) < 4.78 is 4.83. The fourth-order valence-electron chi connectivity index (χ4n) is 1.83. The summed E-state index contributed by atoms with van der Waals surface area (Å²) >= 11 is 0. The molecule has 5 nitrogen and oxygen atoms in total. The van der Waals surface area contributed by atoms with E-state index in [1.165, 1.54) is 7.11 Å². The summed E-state index contributed by atoms with van der Waals surface area (Å²) in [5.74, 6) is -0.675. The summed E-state index contributed by atoms with van der Waals surface area (Å²) in [7, 11) is 1.33. The molecular formula is C11H11NO4. The fraction of sp³-hybridized carbons (Fsp3) is 0.273. The lowest BCUT2D eigenvalue weighted by Crippen LogP contribution is -2.18. The van der Waals surface area contributed by atoms with Crippen LogP contribution in [0.2, 0.25) is 0 Å². The van der Waals surface area contributed by atoms with Gasteiger partial charge in [-0.25, -0.2) is 0 Å². The Labute approximate surface area is 91.7 Å². The average molecular weight is 221 g/mol. The molecule has 0 amide bonds. The van der Waals surface area contributed by atoms with Crippen LogP contribution in [0.4, 0.5) is 0 Å². The number of hydrogen-bond acceptors (Lipinski definition) is 4. The number of carbonyl (C=O) groups is 2. The average Bonchev–Trinajstić information content (AvgIpc) is 2.61. The van der Waals surface area contributed by atoms with Crippen molar-refractivity contribution < 1.29 is 19.4 Å². The highest BCUT2D eigenvalue weighted by molar-refractivity contribution is 6.23. The van der Waals surface area contributed by atoms with Crippen molar-refractivity contribution in [3.63, 3.8) is 0 Å². The number of Topliss-reactive ketones (excluding diaryl/α,β-unsaturated/α-hetero) is 1. The molecular weight excluding hydrogens is 210 g/mol. The van der Waals surface area contributed by atoms with E-state index in [2.05, 4.69) is 4.98 Å². The molecule has 0 saturated heterocycles. The van der Waals surface area contributed by atoms with Gasteiger partial charge in [-0.1, -0.05) is 0 Å². The Morgan fingerprint density at radius 2 is 2.12 bits per heavy atom. The predicted molar refractivity (Wildman–Crippen MR) is 55.2 cm³/mol. The quantitative estimate of drug-likeness (QED) is 0.771. The van der Waals surface area contributed by atoms with Crippen molar-refractivity contribution >= 4 is 11.6 Å². The highest BCUT2D eigenvalue weighted by Crippen LogP contribution is 2.26. The van der Waals surface area contributed by atoms with Crippen LogP contribution in [0, 0.1) is 6.92 Å². The van der Waals surface area contributed by atoms with Crippen molar-refractivity contribution in [2.75, 3.05) is 7.11 Å². The molecule has 1 aromatic heterocycles. The molecule has 0 aromatic carbocycles. The molecule has 0 aliphatic heterocycles. The Hall–Kier alpha value is -1.88. The SMILES string of the molecule is COC1=CC(=O)c2[nH]c(C)c(CO)c2C1=O. The second kappa shape index (κ2) is 3.61. The maximum atomic E-state index is 11.9. The van der Waals surface area contributed by atoms with Gasteiger partial charge in [-0.2, -0.15) is 0 Å². The lowest BCUT2D eigenvalue weighted by molar-refractivity contribution is 0.0913. The topological polar surface area (TPSA) is 79.4 Å². The van der Waals surface area contributed by atoms with Gasteiger partial charge in [0.25, 0.3) is 0 Å². The maximum absolute atomic E-state index is 11.9. The van der Waals surface area contributed by atoms with Crippen LogP contribution in [0.15, 0.2) is 11.8 Å². The number of methoxy groups -OCH3 is 1. The summed E-state index contributed by atoms with van der Waals surface area (Å²) in [5, 5.41) is 9.18. The monoisotopic (exact) mass is 221 g/mol. The minimum Gasteiger partial charge on any atom is -0.492 e. The number of fused-ring (bicyclic) bond motifs is 1. The maximum Gasteiger partial charge on any atom is 0.230 e. The molecule has 1 heterocycles. The molecule has 0 saturated carbocycles. The number of hydrogen-bond donors (Lipinski definition) is 2. The highest BCUT2D eigenvalue weighted by atomic mass is 16.5. The number of ketones is 2. The van der Waals surface area contributed by atoms with Gasteiger partial charge in [0.1, 0.15) is 0 Å². The number of aromatic nitrogens is 1. The third-order valence-corrected chi connectivity index (χ3v) is 2.65. The van der Waals surface area contributed by atoms with Gasteiger partial charge in [0.2, 0.25) is 11.6 Å². The van der Waals surface area contributed by atoms with Crippen LogP contribution in [0.5, 0.6) is 0 Å². The van der Waals surface area contributed by atoms with Gasteiger partial charge in [-0.05, 0) is 6.92 Å². The van der Waals surface area contributed by atoms with E-state index in [0.717, 1.165) is 6.08 Å². The van der Waals surface area contributed by atoms with Crippen LogP contribution in [-0.2, 0) is 11.3 Å². The molecule has 0 spiro atoms. The third kappa shape index (κ3) is 1.29. The van der Waals surface area contributed by atoms with Gasteiger partial charge in [0.15, 0.2) is 5.76 Å². The molecule has 1 aliphatic carbocycles. The molecule has 1 aliphatic rings. The number of aliphatic hydroxyl groups excluding tert-OH is 1. The smallest absolute Gasteiger partial charge is 0.230 e. The normalized spacial score (nSPS) is 14.8. The van der Waals surface area contributed by atoms with Crippen molar-refractivity contribution in [3.05, 3.63) is 34.3 Å². The Balaban J connectivity index is 2.66. The molecule has 0 atom stereocenters. The van der Waals surface area contributed by atoms with Crippen LogP contribution < -0.4 is 0 Å². The number of H-pyrrole nitrogens is 1. The number of rotatable bonds is 2. The van der Waals surface area contributed by atoms with E-state index in [-0.39, 0.29) is 35.2 Å². The van der Waals surface area contributed by atoms with E-state index >= 15 is 0 Å². The van der Waals surface area contributed by atoms with E-state index < -0.39 is 0 Å². The van der Waals surface area contributed by atoms with Crippen LogP contribution in [-0.4, -0.2) is 28.8 Å². The Bertz CT molecular complexity index is 510. The summed E-state index contributed by atoms with van der Waals surface area (Å²) in [4.78, 5) is 26.4. The molecule has 0 radical (unpaired) electrons. The first-order valence-electron chi connectivity index (χ1n) is 4.77. The van der Waals surface area contributed by atoms with Crippen molar-refractivity contribution in [1.29, 1.82) is 0 Å². The van der Waals surface area contributed by atoms with Gasteiger partial charge in [-0.15, -0.1) is 0 Å². The Morgan fingerprint density at radius 3 is 2.69 bits per heavy atom. The molecule has 16 heavy (non-hydrogen) atoms. The van der Waals surface area contributed by atoms with Crippen LogP contribution in [0.1, 0.15) is 32.1 Å². The van der Waals surface area contributed by atoms with E-state index in [4.69, 9.17) is 4.74 Å². The van der Waals surface area contributed by atoms with Crippen molar-refractivity contribution in [2.24, 2.45) is 0 Å². The van der Waals surface area contributed by atoms with Gasteiger partial charge in [-0.3, -0.25) is 9.59 Å². The number of carbonyl (C=O) groups excluding carboxylic acids is 2. The van der Waals surface area contributed by atoms with Gasteiger partial charge in [0.05, 0.1) is 25.0 Å². The van der Waals surface area contributed by atoms with E-state index in [9.17, 15) is 14.7 Å². The minimum absolute atomic E-state index is 0.00574. The number of aromatic amines is 1. The second-order valence-electron chi connectivity index (χ2n) is 3.54. The largest absolute Gasteiger partial charge is 0.492 e. The summed E-state index contributed by atoms with van der Waals surface area (Å²) in [5.41, 5.74) is 1.53.